The minimum absolute atomic E-state index is 0.815. The lowest BCUT2D eigenvalue weighted by Crippen LogP contribution is -1.89. The Morgan fingerprint density at radius 1 is 1.56 bits per heavy atom. The van der Waals surface area contributed by atoms with Crippen molar-refractivity contribution < 1.29 is 0 Å². The molecule has 0 unspecified atom stereocenters. The maximum Gasteiger partial charge on any atom is 0.0544 e. The van der Waals surface area contributed by atoms with Crippen molar-refractivity contribution in [3.63, 3.8) is 0 Å². The normalized spacial score (nSPS) is 9.56. The van der Waals surface area contributed by atoms with Crippen LogP contribution in [0.4, 0.5) is 0 Å². The third-order valence-corrected chi connectivity index (χ3v) is 1.92. The first kappa shape index (κ1) is 8.91. The van der Waals surface area contributed by atoms with E-state index < -0.39 is 0 Å². The monoisotopic (exact) mass is 142 g/mol. The van der Waals surface area contributed by atoms with E-state index in [9.17, 15) is 0 Å². The fourth-order valence-corrected chi connectivity index (χ4v) is 1.35. The van der Waals surface area contributed by atoms with E-state index in [-0.39, 0.29) is 0 Å². The molecule has 0 amide bonds. The Bertz CT molecular complexity index is 89.2. The Labute approximate surface area is 62.4 Å². The molecule has 0 heterocycles. The van der Waals surface area contributed by atoms with Gasteiger partial charge >= 0.3 is 0 Å². The minimum atomic E-state index is 0.815. The number of hydrogen-bond acceptors (Lipinski definition) is 1. The summed E-state index contributed by atoms with van der Waals surface area (Å²) in [5, 5.41) is 0. The van der Waals surface area contributed by atoms with Crippen molar-refractivity contribution in [3.8, 4) is 12.3 Å². The molecule has 52 valence electrons. The van der Waals surface area contributed by atoms with Crippen molar-refractivity contribution in [1.29, 1.82) is 0 Å². The van der Waals surface area contributed by atoms with E-state index in [0.717, 1.165) is 11.7 Å². The van der Waals surface area contributed by atoms with Crippen LogP contribution in [0.25, 0.3) is 0 Å². The van der Waals surface area contributed by atoms with Crippen molar-refractivity contribution in [1.82, 2.24) is 0 Å². The van der Waals surface area contributed by atoms with Gasteiger partial charge in [-0.05, 0) is 18.1 Å². The SMILES string of the molecule is C#CCSCCC(C)C. The first-order valence-corrected chi connectivity index (χ1v) is 4.44. The summed E-state index contributed by atoms with van der Waals surface area (Å²) in [4.78, 5) is 0. The van der Waals surface area contributed by atoms with E-state index in [1.54, 1.807) is 0 Å². The van der Waals surface area contributed by atoms with Gasteiger partial charge in [0.05, 0.1) is 5.75 Å². The fraction of sp³-hybridized carbons (Fsp3) is 0.750. The van der Waals surface area contributed by atoms with Gasteiger partial charge in [0.1, 0.15) is 0 Å². The first-order valence-electron chi connectivity index (χ1n) is 3.28. The minimum Gasteiger partial charge on any atom is -0.149 e. The van der Waals surface area contributed by atoms with Crippen molar-refractivity contribution >= 4 is 11.8 Å². The number of rotatable bonds is 4. The number of hydrogen-bond donors (Lipinski definition) is 0. The predicted molar refractivity (Wildman–Crippen MR) is 45.6 cm³/mol. The van der Waals surface area contributed by atoms with Gasteiger partial charge in [-0.1, -0.05) is 19.8 Å². The third-order valence-electron chi connectivity index (χ3n) is 1.02. The van der Waals surface area contributed by atoms with Crippen LogP contribution in [0, 0.1) is 18.3 Å². The van der Waals surface area contributed by atoms with Gasteiger partial charge in [0.25, 0.3) is 0 Å². The van der Waals surface area contributed by atoms with Gasteiger partial charge < -0.3 is 0 Å². The lowest BCUT2D eigenvalue weighted by atomic mass is 10.2. The summed E-state index contributed by atoms with van der Waals surface area (Å²) in [7, 11) is 0. The maximum absolute atomic E-state index is 5.07. The van der Waals surface area contributed by atoms with Crippen LogP contribution >= 0.6 is 11.8 Å². The Morgan fingerprint density at radius 2 is 2.22 bits per heavy atom. The van der Waals surface area contributed by atoms with Crippen LogP contribution < -0.4 is 0 Å². The standard InChI is InChI=1S/C8H14S/c1-4-6-9-7-5-8(2)3/h1,8H,5-7H2,2-3H3. The molecule has 0 aliphatic heterocycles. The van der Waals surface area contributed by atoms with Gasteiger partial charge in [0, 0.05) is 0 Å². The molecule has 0 nitrogen and oxygen atoms in total. The Balaban J connectivity index is 2.85. The summed E-state index contributed by atoms with van der Waals surface area (Å²) in [5.41, 5.74) is 0. The van der Waals surface area contributed by atoms with Crippen molar-refractivity contribution in [3.05, 3.63) is 0 Å². The molecule has 0 fully saturated rings. The molecule has 1 heteroatoms. The van der Waals surface area contributed by atoms with Crippen LogP contribution in [-0.4, -0.2) is 11.5 Å². The van der Waals surface area contributed by atoms with E-state index in [4.69, 9.17) is 6.42 Å². The van der Waals surface area contributed by atoms with Crippen LogP contribution in [0.15, 0.2) is 0 Å². The highest BCUT2D eigenvalue weighted by Gasteiger charge is 1.91. The summed E-state index contributed by atoms with van der Waals surface area (Å²) in [6.07, 6.45) is 6.36. The highest BCUT2D eigenvalue weighted by molar-refractivity contribution is 7.99. The van der Waals surface area contributed by atoms with Crippen LogP contribution in [0.2, 0.25) is 0 Å². The van der Waals surface area contributed by atoms with Gasteiger partial charge in [0.2, 0.25) is 0 Å². The predicted octanol–water partition coefficient (Wildman–Crippen LogP) is 2.40. The molecule has 0 atom stereocenters. The van der Waals surface area contributed by atoms with Crippen molar-refractivity contribution in [2.75, 3.05) is 11.5 Å². The maximum atomic E-state index is 5.07. The summed E-state index contributed by atoms with van der Waals surface area (Å²) in [5.74, 6) is 5.50. The average Bonchev–Trinajstić information content (AvgIpc) is 1.80. The van der Waals surface area contributed by atoms with Gasteiger partial charge in [-0.2, -0.15) is 0 Å². The third kappa shape index (κ3) is 7.91. The van der Waals surface area contributed by atoms with Gasteiger partial charge in [-0.15, -0.1) is 18.2 Å². The van der Waals surface area contributed by atoms with E-state index in [0.29, 0.717) is 0 Å². The zero-order valence-electron chi connectivity index (χ0n) is 6.18. The topological polar surface area (TPSA) is 0 Å². The van der Waals surface area contributed by atoms with Crippen molar-refractivity contribution in [2.45, 2.75) is 20.3 Å². The van der Waals surface area contributed by atoms with Gasteiger partial charge in [-0.25, -0.2) is 0 Å². The van der Waals surface area contributed by atoms with Crippen LogP contribution in [-0.2, 0) is 0 Å². The van der Waals surface area contributed by atoms with Crippen molar-refractivity contribution in [2.24, 2.45) is 5.92 Å². The average molecular weight is 142 g/mol. The smallest absolute Gasteiger partial charge is 0.0544 e. The van der Waals surface area contributed by atoms with Gasteiger partial charge in [0.15, 0.2) is 0 Å². The van der Waals surface area contributed by atoms with Gasteiger partial charge in [-0.3, -0.25) is 0 Å². The number of terminal acetylenes is 1. The molecule has 0 saturated heterocycles. The van der Waals surface area contributed by atoms with Crippen LogP contribution in [0.5, 0.6) is 0 Å². The summed E-state index contributed by atoms with van der Waals surface area (Å²) >= 11 is 1.85. The second-order valence-corrected chi connectivity index (χ2v) is 3.54. The second kappa shape index (κ2) is 6.04. The quantitative estimate of drug-likeness (QED) is 0.429. The Hall–Kier alpha value is -0.0900. The lowest BCUT2D eigenvalue weighted by molar-refractivity contribution is 0.632. The molecule has 0 aliphatic rings. The molecule has 0 N–H and O–H groups in total. The molecular formula is C8H14S. The summed E-state index contributed by atoms with van der Waals surface area (Å²) < 4.78 is 0. The Kier molecular flexibility index (Phi) is 5.98. The molecule has 0 radical (unpaired) electrons. The highest BCUT2D eigenvalue weighted by Crippen LogP contribution is 2.07. The zero-order valence-corrected chi connectivity index (χ0v) is 7.00. The molecule has 0 bridgehead atoms. The fourth-order valence-electron chi connectivity index (χ4n) is 0.450. The second-order valence-electron chi connectivity index (χ2n) is 2.44. The van der Waals surface area contributed by atoms with E-state index >= 15 is 0 Å². The highest BCUT2D eigenvalue weighted by atomic mass is 32.2. The van der Waals surface area contributed by atoms with E-state index in [1.165, 1.54) is 12.2 Å². The lowest BCUT2D eigenvalue weighted by Gasteiger charge is -2.00. The first-order chi connectivity index (χ1) is 4.27. The molecule has 9 heavy (non-hydrogen) atoms. The largest absolute Gasteiger partial charge is 0.149 e. The number of thioether (sulfide) groups is 1. The molecule has 0 aromatic heterocycles. The Morgan fingerprint density at radius 3 is 2.67 bits per heavy atom. The summed E-state index contributed by atoms with van der Waals surface area (Å²) in [6.45, 7) is 4.47. The molecule has 0 aromatic rings. The van der Waals surface area contributed by atoms with E-state index in [1.807, 2.05) is 11.8 Å². The van der Waals surface area contributed by atoms with Crippen LogP contribution in [0.3, 0.4) is 0 Å². The molecule has 0 aliphatic carbocycles. The molecule has 0 spiro atoms. The van der Waals surface area contributed by atoms with Crippen LogP contribution in [0.1, 0.15) is 20.3 Å². The molecule has 0 rings (SSSR count). The summed E-state index contributed by atoms with van der Waals surface area (Å²) in [6, 6.07) is 0. The van der Waals surface area contributed by atoms with E-state index in [2.05, 4.69) is 19.8 Å². The zero-order chi connectivity index (χ0) is 7.11. The molecule has 0 aromatic carbocycles. The molecule has 0 saturated carbocycles. The molecular weight excluding hydrogens is 128 g/mol.